The minimum atomic E-state index is -0.564. The normalized spacial score (nSPS) is 12.3. The molecule has 1 atom stereocenters. The highest BCUT2D eigenvalue weighted by molar-refractivity contribution is 6.44. The number of anilines is 1. The molecule has 1 rings (SSSR count). The minimum absolute atomic E-state index is 0.303. The van der Waals surface area contributed by atoms with Crippen molar-refractivity contribution in [3.05, 3.63) is 27.2 Å². The maximum absolute atomic E-state index is 11.5. The smallest absolute Gasteiger partial charge is 0.241 e. The summed E-state index contributed by atoms with van der Waals surface area (Å²) in [5, 5.41) is 3.58. The first kappa shape index (κ1) is 13.6. The maximum atomic E-state index is 11.5. The lowest BCUT2D eigenvalue weighted by Crippen LogP contribution is -2.34. The molecule has 88 valence electrons. The molecule has 1 amide bonds. The largest absolute Gasteiger partial charge is 0.323 e. The van der Waals surface area contributed by atoms with E-state index in [1.165, 1.54) is 12.1 Å². The quantitative estimate of drug-likeness (QED) is 0.835. The first-order chi connectivity index (χ1) is 7.45. The van der Waals surface area contributed by atoms with Crippen molar-refractivity contribution in [1.29, 1.82) is 0 Å². The molecule has 0 aliphatic carbocycles. The van der Waals surface area contributed by atoms with Crippen LogP contribution < -0.4 is 11.1 Å². The number of halogens is 3. The number of rotatable bonds is 3. The topological polar surface area (TPSA) is 55.1 Å². The van der Waals surface area contributed by atoms with Crippen molar-refractivity contribution >= 4 is 46.4 Å². The van der Waals surface area contributed by atoms with Gasteiger partial charge in [0.1, 0.15) is 0 Å². The highest BCUT2D eigenvalue weighted by Crippen LogP contribution is 2.32. The lowest BCUT2D eigenvalue weighted by atomic mass is 10.2. The highest BCUT2D eigenvalue weighted by atomic mass is 35.5. The fourth-order valence-corrected chi connectivity index (χ4v) is 1.62. The van der Waals surface area contributed by atoms with Crippen molar-refractivity contribution in [2.75, 3.05) is 5.32 Å². The van der Waals surface area contributed by atoms with Crippen LogP contribution in [0.5, 0.6) is 0 Å². The van der Waals surface area contributed by atoms with Crippen molar-refractivity contribution in [1.82, 2.24) is 0 Å². The molecule has 0 saturated heterocycles. The fraction of sp³-hybridized carbons (Fsp3) is 0.300. The zero-order valence-corrected chi connectivity index (χ0v) is 10.8. The Bertz CT molecular complexity index is 409. The second kappa shape index (κ2) is 5.73. The summed E-state index contributed by atoms with van der Waals surface area (Å²) in [6.07, 6.45) is 0.546. The zero-order valence-electron chi connectivity index (χ0n) is 8.56. The predicted molar refractivity (Wildman–Crippen MR) is 68.4 cm³/mol. The van der Waals surface area contributed by atoms with Crippen LogP contribution in [0.2, 0.25) is 15.1 Å². The monoisotopic (exact) mass is 280 g/mol. The molecule has 0 unspecified atom stereocenters. The van der Waals surface area contributed by atoms with Gasteiger partial charge in [-0.1, -0.05) is 41.7 Å². The standard InChI is InChI=1S/C10H11Cl3N2O/c1-2-8(14)10(16)15-9-4-6(12)5(11)3-7(9)13/h3-4,8H,2,14H2,1H3,(H,15,16)/t8-/m1/s1. The first-order valence-corrected chi connectivity index (χ1v) is 5.80. The molecule has 1 aromatic carbocycles. The van der Waals surface area contributed by atoms with E-state index in [0.717, 1.165) is 0 Å². The van der Waals surface area contributed by atoms with E-state index < -0.39 is 6.04 Å². The van der Waals surface area contributed by atoms with Gasteiger partial charge in [-0.2, -0.15) is 0 Å². The number of carbonyl (C=O) groups is 1. The van der Waals surface area contributed by atoms with E-state index in [2.05, 4.69) is 5.32 Å². The number of amides is 1. The van der Waals surface area contributed by atoms with Gasteiger partial charge in [0.2, 0.25) is 5.91 Å². The molecule has 0 heterocycles. The van der Waals surface area contributed by atoms with E-state index in [0.29, 0.717) is 27.2 Å². The summed E-state index contributed by atoms with van der Waals surface area (Å²) in [7, 11) is 0. The van der Waals surface area contributed by atoms with E-state index in [-0.39, 0.29) is 5.91 Å². The van der Waals surface area contributed by atoms with Crippen LogP contribution >= 0.6 is 34.8 Å². The summed E-state index contributed by atoms with van der Waals surface area (Å²) in [5.74, 6) is -0.303. The summed E-state index contributed by atoms with van der Waals surface area (Å²) >= 11 is 17.5. The van der Waals surface area contributed by atoms with Gasteiger partial charge < -0.3 is 11.1 Å². The Morgan fingerprint density at radius 3 is 2.44 bits per heavy atom. The Kier molecular flexibility index (Phi) is 4.87. The molecule has 0 spiro atoms. The Hall–Kier alpha value is -0.480. The van der Waals surface area contributed by atoms with Crippen LogP contribution in [0.4, 0.5) is 5.69 Å². The van der Waals surface area contributed by atoms with Crippen LogP contribution in [-0.4, -0.2) is 11.9 Å². The predicted octanol–water partition coefficient (Wildman–Crippen LogP) is 3.32. The van der Waals surface area contributed by atoms with Gasteiger partial charge in [0.15, 0.2) is 0 Å². The third-order valence-corrected chi connectivity index (χ3v) is 3.08. The van der Waals surface area contributed by atoms with E-state index in [4.69, 9.17) is 40.5 Å². The number of hydrogen-bond donors (Lipinski definition) is 2. The van der Waals surface area contributed by atoms with Crippen LogP contribution in [0.3, 0.4) is 0 Å². The van der Waals surface area contributed by atoms with Gasteiger partial charge in [-0.25, -0.2) is 0 Å². The summed E-state index contributed by atoms with van der Waals surface area (Å²) in [6.45, 7) is 1.82. The van der Waals surface area contributed by atoms with Crippen molar-refractivity contribution in [3.8, 4) is 0 Å². The van der Waals surface area contributed by atoms with E-state index in [9.17, 15) is 4.79 Å². The minimum Gasteiger partial charge on any atom is -0.323 e. The molecule has 0 saturated carbocycles. The van der Waals surface area contributed by atoms with Gasteiger partial charge in [0, 0.05) is 0 Å². The Morgan fingerprint density at radius 1 is 1.31 bits per heavy atom. The average Bonchev–Trinajstić information content (AvgIpc) is 2.24. The Balaban J connectivity index is 2.90. The zero-order chi connectivity index (χ0) is 12.3. The summed E-state index contributed by atoms with van der Waals surface area (Å²) in [6, 6.07) is 2.40. The van der Waals surface area contributed by atoms with Gasteiger partial charge in [0.25, 0.3) is 0 Å². The number of hydrogen-bond acceptors (Lipinski definition) is 2. The molecule has 0 fully saturated rings. The first-order valence-electron chi connectivity index (χ1n) is 4.66. The molecule has 0 aliphatic heterocycles. The van der Waals surface area contributed by atoms with Crippen LogP contribution in [0.1, 0.15) is 13.3 Å². The summed E-state index contributed by atoms with van der Waals surface area (Å²) in [4.78, 5) is 11.5. The fourth-order valence-electron chi connectivity index (χ4n) is 1.03. The highest BCUT2D eigenvalue weighted by Gasteiger charge is 2.13. The summed E-state index contributed by atoms with van der Waals surface area (Å²) in [5.41, 5.74) is 5.98. The van der Waals surface area contributed by atoms with E-state index in [1.54, 1.807) is 0 Å². The molecule has 0 aromatic heterocycles. The maximum Gasteiger partial charge on any atom is 0.241 e. The second-order valence-corrected chi connectivity index (χ2v) is 4.47. The van der Waals surface area contributed by atoms with Crippen LogP contribution in [-0.2, 0) is 4.79 Å². The third-order valence-electron chi connectivity index (χ3n) is 2.04. The Labute approximate surface area is 109 Å². The van der Waals surface area contributed by atoms with Crippen molar-refractivity contribution in [2.24, 2.45) is 5.73 Å². The lowest BCUT2D eigenvalue weighted by Gasteiger charge is -2.12. The molecular weight excluding hydrogens is 270 g/mol. The molecule has 16 heavy (non-hydrogen) atoms. The molecule has 3 N–H and O–H groups in total. The SMILES string of the molecule is CC[C@@H](N)C(=O)Nc1cc(Cl)c(Cl)cc1Cl. The van der Waals surface area contributed by atoms with Gasteiger partial charge in [-0.15, -0.1) is 0 Å². The summed E-state index contributed by atoms with van der Waals surface area (Å²) < 4.78 is 0. The third kappa shape index (κ3) is 3.25. The van der Waals surface area contributed by atoms with Crippen LogP contribution in [0.25, 0.3) is 0 Å². The Morgan fingerprint density at radius 2 is 1.88 bits per heavy atom. The van der Waals surface area contributed by atoms with Gasteiger partial charge in [-0.05, 0) is 18.6 Å². The molecule has 1 aromatic rings. The van der Waals surface area contributed by atoms with Crippen molar-refractivity contribution in [2.45, 2.75) is 19.4 Å². The number of carbonyl (C=O) groups excluding carboxylic acids is 1. The van der Waals surface area contributed by atoms with E-state index >= 15 is 0 Å². The number of nitrogens with two attached hydrogens (primary N) is 1. The van der Waals surface area contributed by atoms with Gasteiger partial charge in [-0.3, -0.25) is 4.79 Å². The van der Waals surface area contributed by atoms with Gasteiger partial charge >= 0.3 is 0 Å². The number of nitrogens with one attached hydrogen (secondary N) is 1. The number of benzene rings is 1. The van der Waals surface area contributed by atoms with Gasteiger partial charge in [0.05, 0.1) is 26.8 Å². The lowest BCUT2D eigenvalue weighted by molar-refractivity contribution is -0.117. The second-order valence-electron chi connectivity index (χ2n) is 3.25. The van der Waals surface area contributed by atoms with E-state index in [1.807, 2.05) is 6.92 Å². The molecule has 0 radical (unpaired) electrons. The molecular formula is C10H11Cl3N2O. The van der Waals surface area contributed by atoms with Crippen LogP contribution in [0, 0.1) is 0 Å². The van der Waals surface area contributed by atoms with Crippen molar-refractivity contribution < 1.29 is 4.79 Å². The van der Waals surface area contributed by atoms with Crippen molar-refractivity contribution in [3.63, 3.8) is 0 Å². The molecule has 0 bridgehead atoms. The molecule has 3 nitrogen and oxygen atoms in total. The van der Waals surface area contributed by atoms with Crippen LogP contribution in [0.15, 0.2) is 12.1 Å². The average molecular weight is 282 g/mol. The molecule has 6 heteroatoms. The molecule has 0 aliphatic rings.